The molecule has 0 spiro atoms. The third-order valence-electron chi connectivity index (χ3n) is 7.08. The standard InChI is InChI=1S/C21H31N3O2/c1-23-11-10-21(22)17-13-16(25)9-8-15(17)12-18(23)19(21)24(2)20(26)14-6-4-3-5-7-14/h8-9,13-14,18-19,25H,3-7,10-12,22H2,1-2H3/t18-,19?,21-/m1/s1. The molecule has 1 aromatic carbocycles. The van der Waals surface area contributed by atoms with E-state index in [9.17, 15) is 9.90 Å². The van der Waals surface area contributed by atoms with Gasteiger partial charge >= 0.3 is 0 Å². The van der Waals surface area contributed by atoms with Gasteiger partial charge in [0.2, 0.25) is 5.91 Å². The molecule has 3 atom stereocenters. The van der Waals surface area contributed by atoms with Crippen LogP contribution in [0.1, 0.15) is 49.7 Å². The van der Waals surface area contributed by atoms with E-state index in [1.165, 1.54) is 12.0 Å². The van der Waals surface area contributed by atoms with E-state index in [1.807, 2.05) is 24.1 Å². The number of nitrogens with two attached hydrogens (primary N) is 1. The number of piperidine rings is 1. The van der Waals surface area contributed by atoms with Crippen LogP contribution in [0.4, 0.5) is 0 Å². The molecule has 3 N–H and O–H groups in total. The Balaban J connectivity index is 1.71. The summed E-state index contributed by atoms with van der Waals surface area (Å²) >= 11 is 0. The van der Waals surface area contributed by atoms with Gasteiger partial charge in [0.1, 0.15) is 5.75 Å². The summed E-state index contributed by atoms with van der Waals surface area (Å²) in [5.74, 6) is 0.661. The Kier molecular flexibility index (Phi) is 4.48. The number of carbonyl (C=O) groups excluding carboxylic acids is 1. The molecule has 2 aliphatic carbocycles. The smallest absolute Gasteiger partial charge is 0.225 e. The van der Waals surface area contributed by atoms with E-state index < -0.39 is 5.54 Å². The summed E-state index contributed by atoms with van der Waals surface area (Å²) in [6.07, 6.45) is 7.24. The lowest BCUT2D eigenvalue weighted by Crippen LogP contribution is -2.71. The predicted octanol–water partition coefficient (Wildman–Crippen LogP) is 2.21. The van der Waals surface area contributed by atoms with Crippen molar-refractivity contribution in [2.45, 2.75) is 62.6 Å². The third kappa shape index (κ3) is 2.72. The number of aromatic hydroxyl groups is 1. The van der Waals surface area contributed by atoms with Crippen molar-refractivity contribution in [3.8, 4) is 5.75 Å². The molecule has 1 heterocycles. The number of likely N-dealkylation sites (tertiary alicyclic amines) is 1. The van der Waals surface area contributed by atoms with Gasteiger partial charge in [0, 0.05) is 25.6 Å². The minimum absolute atomic E-state index is 0.0509. The first-order chi connectivity index (χ1) is 12.4. The van der Waals surface area contributed by atoms with Crippen LogP contribution in [0.25, 0.3) is 0 Å². The van der Waals surface area contributed by atoms with Crippen molar-refractivity contribution in [1.29, 1.82) is 0 Å². The fourth-order valence-electron chi connectivity index (χ4n) is 5.60. The number of fused-ring (bicyclic) bond motifs is 4. The Morgan fingerprint density at radius 2 is 2.04 bits per heavy atom. The summed E-state index contributed by atoms with van der Waals surface area (Å²) in [4.78, 5) is 17.6. The minimum Gasteiger partial charge on any atom is -0.508 e. The van der Waals surface area contributed by atoms with E-state index in [2.05, 4.69) is 11.9 Å². The third-order valence-corrected chi connectivity index (χ3v) is 7.08. The number of amides is 1. The summed E-state index contributed by atoms with van der Waals surface area (Å²) < 4.78 is 0. The van der Waals surface area contributed by atoms with Gasteiger partial charge in [0.05, 0.1) is 11.6 Å². The number of carbonyl (C=O) groups is 1. The van der Waals surface area contributed by atoms with Gasteiger partial charge in [-0.3, -0.25) is 4.79 Å². The van der Waals surface area contributed by atoms with Crippen molar-refractivity contribution >= 4 is 5.91 Å². The normalized spacial score (nSPS) is 32.1. The van der Waals surface area contributed by atoms with Crippen LogP contribution >= 0.6 is 0 Å². The molecular weight excluding hydrogens is 326 g/mol. The summed E-state index contributed by atoms with van der Waals surface area (Å²) in [6, 6.07) is 5.74. The first-order valence-corrected chi connectivity index (χ1v) is 10.00. The van der Waals surface area contributed by atoms with Crippen LogP contribution in [0, 0.1) is 5.92 Å². The van der Waals surface area contributed by atoms with Gasteiger partial charge in [-0.2, -0.15) is 0 Å². The molecule has 1 aromatic rings. The molecule has 5 nitrogen and oxygen atoms in total. The maximum Gasteiger partial charge on any atom is 0.225 e. The Labute approximate surface area is 156 Å². The van der Waals surface area contributed by atoms with Gasteiger partial charge in [-0.05, 0) is 56.0 Å². The number of hydrogen-bond acceptors (Lipinski definition) is 4. The molecule has 1 aliphatic heterocycles. The molecule has 1 saturated carbocycles. The van der Waals surface area contributed by atoms with Gasteiger partial charge in [0.25, 0.3) is 0 Å². The Bertz CT molecular complexity index is 700. The van der Waals surface area contributed by atoms with E-state index in [4.69, 9.17) is 5.73 Å². The number of benzene rings is 1. The van der Waals surface area contributed by atoms with E-state index in [1.54, 1.807) is 6.07 Å². The lowest BCUT2D eigenvalue weighted by Gasteiger charge is -2.57. The highest BCUT2D eigenvalue weighted by Crippen LogP contribution is 2.45. The summed E-state index contributed by atoms with van der Waals surface area (Å²) in [7, 11) is 4.09. The SMILES string of the molecule is CN(C(=O)C1CCCCC1)C1[C@H]2Cc3ccc(O)cc3[C@]1(N)CCN2C. The number of phenolic OH excluding ortho intramolecular Hbond substituents is 1. The van der Waals surface area contributed by atoms with Gasteiger partial charge in [-0.15, -0.1) is 0 Å². The molecule has 3 aliphatic rings. The van der Waals surface area contributed by atoms with Gasteiger partial charge in [-0.25, -0.2) is 0 Å². The second-order valence-electron chi connectivity index (χ2n) is 8.61. The van der Waals surface area contributed by atoms with Crippen LogP contribution < -0.4 is 5.73 Å². The molecule has 0 radical (unpaired) electrons. The van der Waals surface area contributed by atoms with Crippen molar-refractivity contribution in [1.82, 2.24) is 9.80 Å². The number of rotatable bonds is 2. The van der Waals surface area contributed by atoms with Crippen molar-refractivity contribution in [3.63, 3.8) is 0 Å². The number of hydrogen-bond donors (Lipinski definition) is 2. The van der Waals surface area contributed by atoms with Crippen molar-refractivity contribution in [2.75, 3.05) is 20.6 Å². The van der Waals surface area contributed by atoms with Gasteiger partial charge in [0.15, 0.2) is 0 Å². The molecule has 4 rings (SSSR count). The molecule has 1 unspecified atom stereocenters. The van der Waals surface area contributed by atoms with Crippen molar-refractivity contribution < 1.29 is 9.90 Å². The Morgan fingerprint density at radius 1 is 1.31 bits per heavy atom. The highest BCUT2D eigenvalue weighted by atomic mass is 16.3. The van der Waals surface area contributed by atoms with Gasteiger partial charge < -0.3 is 20.6 Å². The quantitative estimate of drug-likeness (QED) is 0.851. The van der Waals surface area contributed by atoms with E-state index >= 15 is 0 Å². The van der Waals surface area contributed by atoms with E-state index in [-0.39, 0.29) is 29.7 Å². The first kappa shape index (κ1) is 17.8. The fraction of sp³-hybridized carbons (Fsp3) is 0.667. The van der Waals surface area contributed by atoms with Crippen LogP contribution in [-0.2, 0) is 16.8 Å². The lowest BCUT2D eigenvalue weighted by molar-refractivity contribution is -0.143. The summed E-state index contributed by atoms with van der Waals surface area (Å²) in [6.45, 7) is 0.915. The molecule has 2 fully saturated rings. The van der Waals surface area contributed by atoms with Crippen molar-refractivity contribution in [3.05, 3.63) is 29.3 Å². The van der Waals surface area contributed by atoms with E-state index in [0.29, 0.717) is 0 Å². The molecule has 1 amide bonds. The first-order valence-electron chi connectivity index (χ1n) is 10.00. The Hall–Kier alpha value is -1.59. The monoisotopic (exact) mass is 357 g/mol. The van der Waals surface area contributed by atoms with Crippen molar-refractivity contribution in [2.24, 2.45) is 11.7 Å². The minimum atomic E-state index is -0.595. The molecule has 0 aromatic heterocycles. The lowest BCUT2D eigenvalue weighted by atomic mass is 9.66. The zero-order valence-corrected chi connectivity index (χ0v) is 15.9. The second-order valence-corrected chi connectivity index (χ2v) is 8.61. The van der Waals surface area contributed by atoms with Crippen LogP contribution in [0.5, 0.6) is 5.75 Å². The highest BCUT2D eigenvalue weighted by Gasteiger charge is 2.53. The molecule has 2 bridgehead atoms. The average molecular weight is 357 g/mol. The number of likely N-dealkylation sites (N-methyl/N-ethyl adjacent to an activating group) is 2. The molecular formula is C21H31N3O2. The zero-order valence-electron chi connectivity index (χ0n) is 15.9. The average Bonchev–Trinajstić information content (AvgIpc) is 2.65. The van der Waals surface area contributed by atoms with Crippen LogP contribution in [0.3, 0.4) is 0 Å². The number of nitrogens with zero attached hydrogens (tertiary/aromatic N) is 2. The second kappa shape index (κ2) is 6.54. The largest absolute Gasteiger partial charge is 0.508 e. The molecule has 26 heavy (non-hydrogen) atoms. The predicted molar refractivity (Wildman–Crippen MR) is 102 cm³/mol. The maximum atomic E-state index is 13.3. The highest BCUT2D eigenvalue weighted by molar-refractivity contribution is 5.79. The molecule has 142 valence electrons. The van der Waals surface area contributed by atoms with Crippen LogP contribution in [0.2, 0.25) is 0 Å². The summed E-state index contributed by atoms with van der Waals surface area (Å²) in [5, 5.41) is 10.0. The topological polar surface area (TPSA) is 69.8 Å². The number of phenols is 1. The molecule has 5 heteroatoms. The fourth-order valence-corrected chi connectivity index (χ4v) is 5.60. The van der Waals surface area contributed by atoms with E-state index in [0.717, 1.165) is 50.6 Å². The van der Waals surface area contributed by atoms with Crippen LogP contribution in [-0.4, -0.2) is 53.5 Å². The molecule has 1 saturated heterocycles. The van der Waals surface area contributed by atoms with Gasteiger partial charge in [-0.1, -0.05) is 25.3 Å². The Morgan fingerprint density at radius 3 is 2.77 bits per heavy atom. The maximum absolute atomic E-state index is 13.3. The summed E-state index contributed by atoms with van der Waals surface area (Å²) in [5.41, 5.74) is 8.66. The van der Waals surface area contributed by atoms with Crippen LogP contribution in [0.15, 0.2) is 18.2 Å². The zero-order chi connectivity index (χ0) is 18.5.